The van der Waals surface area contributed by atoms with Crippen molar-refractivity contribution in [2.75, 3.05) is 14.2 Å². The van der Waals surface area contributed by atoms with Gasteiger partial charge < -0.3 is 18.9 Å². The molecule has 7 rings (SSSR count). The van der Waals surface area contributed by atoms with Crippen LogP contribution in [-0.2, 0) is 16.2 Å². The van der Waals surface area contributed by atoms with Crippen molar-refractivity contribution in [2.24, 2.45) is 0 Å². The number of hydrazine groups is 3. The van der Waals surface area contributed by atoms with E-state index in [0.717, 1.165) is 41.0 Å². The summed E-state index contributed by atoms with van der Waals surface area (Å²) in [6.07, 6.45) is 1.60. The summed E-state index contributed by atoms with van der Waals surface area (Å²) in [6.45, 7) is 13.2. The topological polar surface area (TPSA) is 109 Å². The van der Waals surface area contributed by atoms with E-state index in [-0.39, 0.29) is 22.4 Å². The normalized spacial score (nSPS) is 22.5. The van der Waals surface area contributed by atoms with Crippen LogP contribution in [-0.4, -0.2) is 14.2 Å². The second-order valence-corrected chi connectivity index (χ2v) is 13.3. The maximum Gasteiger partial charge on any atom is 0.188 e. The van der Waals surface area contributed by atoms with Crippen molar-refractivity contribution in [1.82, 2.24) is 21.9 Å². The first-order valence-electron chi connectivity index (χ1n) is 14.4. The Hall–Kier alpha value is -3.81. The maximum atomic E-state index is 10.1. The predicted octanol–water partition coefficient (Wildman–Crippen LogP) is 5.85. The summed E-state index contributed by atoms with van der Waals surface area (Å²) in [5.41, 5.74) is 19.9. The third-order valence-corrected chi connectivity index (χ3v) is 9.92. The van der Waals surface area contributed by atoms with E-state index < -0.39 is 0 Å². The molecule has 0 aromatic heterocycles. The van der Waals surface area contributed by atoms with Crippen molar-refractivity contribution >= 4 is 0 Å². The molecular weight excluding hydrogens is 530 g/mol. The molecule has 1 saturated heterocycles. The molecule has 0 radical (unpaired) electrons. The van der Waals surface area contributed by atoms with Crippen molar-refractivity contribution in [3.63, 3.8) is 0 Å². The number of rotatable bonds is 3. The summed E-state index contributed by atoms with van der Waals surface area (Å²) >= 11 is 0. The summed E-state index contributed by atoms with van der Waals surface area (Å²) in [4.78, 5) is 0. The quantitative estimate of drug-likeness (QED) is 0.242. The molecule has 4 N–H and O–H groups in total. The van der Waals surface area contributed by atoms with Gasteiger partial charge in [-0.25, -0.2) is 10.9 Å². The molecule has 1 spiro atoms. The van der Waals surface area contributed by atoms with Gasteiger partial charge in [-0.1, -0.05) is 27.7 Å². The third-order valence-electron chi connectivity index (χ3n) is 9.92. The lowest BCUT2D eigenvalue weighted by Gasteiger charge is -2.31. The Balaban J connectivity index is 1.44. The van der Waals surface area contributed by atoms with Crippen LogP contribution in [0.4, 0.5) is 0 Å². The molecule has 3 aromatic carbocycles. The van der Waals surface area contributed by atoms with E-state index >= 15 is 0 Å². The Morgan fingerprint density at radius 1 is 0.762 bits per heavy atom. The minimum absolute atomic E-state index is 0.0737. The van der Waals surface area contributed by atoms with Gasteiger partial charge in [-0.2, -0.15) is 16.3 Å². The van der Waals surface area contributed by atoms with E-state index in [0.29, 0.717) is 28.6 Å². The van der Waals surface area contributed by atoms with Gasteiger partial charge in [0, 0.05) is 11.0 Å². The van der Waals surface area contributed by atoms with Gasteiger partial charge >= 0.3 is 0 Å². The van der Waals surface area contributed by atoms with Gasteiger partial charge in [0.1, 0.15) is 17.8 Å². The fraction of sp³-hybridized carbons (Fsp3) is 0.424. The fourth-order valence-corrected chi connectivity index (χ4v) is 8.06. The second kappa shape index (κ2) is 8.85. The summed E-state index contributed by atoms with van der Waals surface area (Å²) < 4.78 is 24.9. The van der Waals surface area contributed by atoms with Gasteiger partial charge in [-0.05, 0) is 95.2 Å². The van der Waals surface area contributed by atoms with Crippen molar-refractivity contribution in [3.8, 4) is 40.6 Å². The van der Waals surface area contributed by atoms with Crippen LogP contribution in [0.2, 0.25) is 0 Å². The number of nitrogens with one attached hydrogen (secondary N) is 4. The van der Waals surface area contributed by atoms with Crippen LogP contribution in [0.15, 0.2) is 24.3 Å². The Labute approximate surface area is 246 Å². The van der Waals surface area contributed by atoms with Crippen LogP contribution in [0, 0.1) is 25.2 Å². The predicted molar refractivity (Wildman–Crippen MR) is 158 cm³/mol. The van der Waals surface area contributed by atoms with Gasteiger partial charge in [-0.15, -0.1) is 0 Å². The Kier molecular flexibility index (Phi) is 5.70. The molecule has 0 bridgehead atoms. The summed E-state index contributed by atoms with van der Waals surface area (Å²) in [6, 6.07) is 11.0. The highest BCUT2D eigenvalue weighted by Crippen LogP contribution is 2.66. The zero-order valence-corrected chi connectivity index (χ0v) is 25.4. The highest BCUT2D eigenvalue weighted by Gasteiger charge is 2.57. The van der Waals surface area contributed by atoms with Crippen LogP contribution in [0.3, 0.4) is 0 Å². The van der Waals surface area contributed by atoms with Crippen molar-refractivity contribution in [3.05, 3.63) is 68.8 Å². The standard InChI is InChI=1S/C33H37N5O4/c1-16-17(2)27(30-35-37-38-36-30)29-28(18(16)13-34)41-25-10-20-22(12-26(25)42-29)33(15-32(20,5)6)14-31(3,4)19-9-23(39-7)24(40-8)11-21(19)33/h9-12,30,35-38H,14-15H2,1-8H3. The zero-order chi connectivity index (χ0) is 29.8. The van der Waals surface area contributed by atoms with Gasteiger partial charge in [-0.3, -0.25) is 0 Å². The van der Waals surface area contributed by atoms with Crippen molar-refractivity contribution in [2.45, 2.75) is 76.8 Å². The molecule has 1 fully saturated rings. The summed E-state index contributed by atoms with van der Waals surface area (Å²) in [5.74, 6) is 3.77. The van der Waals surface area contributed by atoms with E-state index in [1.807, 2.05) is 13.8 Å². The summed E-state index contributed by atoms with van der Waals surface area (Å²) in [5, 5.41) is 10.1. The molecule has 0 saturated carbocycles. The molecule has 0 amide bonds. The molecule has 1 atom stereocenters. The maximum absolute atomic E-state index is 10.1. The average Bonchev–Trinajstić information content (AvgIpc) is 3.61. The molecular formula is C33H37N5O4. The van der Waals surface area contributed by atoms with Crippen molar-refractivity contribution < 1.29 is 18.9 Å². The lowest BCUT2D eigenvalue weighted by molar-refractivity contribution is 0.345. The molecule has 2 aliphatic heterocycles. The van der Waals surface area contributed by atoms with Gasteiger partial charge in [0.2, 0.25) is 0 Å². The molecule has 9 nitrogen and oxygen atoms in total. The lowest BCUT2D eigenvalue weighted by atomic mass is 9.72. The molecule has 2 heterocycles. The van der Waals surface area contributed by atoms with Crippen LogP contribution in [0.1, 0.15) is 91.2 Å². The first-order valence-corrected chi connectivity index (χ1v) is 14.4. The summed E-state index contributed by atoms with van der Waals surface area (Å²) in [7, 11) is 3.38. The monoisotopic (exact) mass is 567 g/mol. The van der Waals surface area contributed by atoms with E-state index in [1.165, 1.54) is 22.3 Å². The van der Waals surface area contributed by atoms with E-state index in [4.69, 9.17) is 18.9 Å². The number of ether oxygens (including phenoxy) is 4. The van der Waals surface area contributed by atoms with Crippen LogP contribution in [0.5, 0.6) is 34.5 Å². The Bertz CT molecular complexity index is 1720. The number of fused-ring (bicyclic) bond motifs is 6. The number of hydrogen-bond acceptors (Lipinski definition) is 9. The van der Waals surface area contributed by atoms with Crippen molar-refractivity contribution in [1.29, 1.82) is 5.26 Å². The zero-order valence-electron chi connectivity index (χ0n) is 25.4. The molecule has 4 aliphatic rings. The number of benzene rings is 3. The lowest BCUT2D eigenvalue weighted by Crippen LogP contribution is -2.33. The minimum atomic E-state index is -0.292. The second-order valence-electron chi connectivity index (χ2n) is 13.3. The number of nitrogens with zero attached hydrogens (tertiary/aromatic N) is 1. The van der Waals surface area contributed by atoms with E-state index in [1.54, 1.807) is 14.2 Å². The molecule has 1 unspecified atom stereocenters. The highest BCUT2D eigenvalue weighted by molar-refractivity contribution is 5.71. The number of methoxy groups -OCH3 is 2. The smallest absolute Gasteiger partial charge is 0.188 e. The molecule has 42 heavy (non-hydrogen) atoms. The highest BCUT2D eigenvalue weighted by atomic mass is 16.6. The number of hydrogen-bond donors (Lipinski definition) is 4. The molecule has 218 valence electrons. The van der Waals surface area contributed by atoms with E-state index in [9.17, 15) is 5.26 Å². The van der Waals surface area contributed by atoms with Crippen LogP contribution >= 0.6 is 0 Å². The first kappa shape index (κ1) is 27.0. The molecule has 3 aromatic rings. The molecule has 9 heteroatoms. The van der Waals surface area contributed by atoms with Crippen LogP contribution in [0.25, 0.3) is 0 Å². The Morgan fingerprint density at radius 3 is 1.83 bits per heavy atom. The first-order chi connectivity index (χ1) is 20.0. The number of nitriles is 1. The van der Waals surface area contributed by atoms with E-state index in [2.05, 4.69) is 80.0 Å². The van der Waals surface area contributed by atoms with Gasteiger partial charge in [0.15, 0.2) is 34.5 Å². The average molecular weight is 568 g/mol. The van der Waals surface area contributed by atoms with Crippen LogP contribution < -0.4 is 40.9 Å². The minimum Gasteiger partial charge on any atom is -0.493 e. The third kappa shape index (κ3) is 3.50. The SMILES string of the molecule is COc1cc2c(cc1OC)C1(CC2(C)C)CC(C)(C)c2cc3c(cc21)Oc1c(c(C#N)c(C)c(C)c1C1NNNN1)O3. The Morgan fingerprint density at radius 2 is 1.26 bits per heavy atom. The van der Waals surface area contributed by atoms with Gasteiger partial charge in [0.05, 0.1) is 14.2 Å². The molecule has 2 aliphatic carbocycles. The fourth-order valence-electron chi connectivity index (χ4n) is 8.06. The largest absolute Gasteiger partial charge is 0.493 e. The van der Waals surface area contributed by atoms with Gasteiger partial charge in [0.25, 0.3) is 0 Å².